The van der Waals surface area contributed by atoms with Gasteiger partial charge in [0.15, 0.2) is 0 Å². The van der Waals surface area contributed by atoms with Gasteiger partial charge in [-0.2, -0.15) is 5.10 Å². The van der Waals surface area contributed by atoms with Gasteiger partial charge in [-0.05, 0) is 91.2 Å². The quantitative estimate of drug-likeness (QED) is 0.264. The van der Waals surface area contributed by atoms with Crippen LogP contribution in [0, 0.1) is 10.6 Å². The molecule has 0 bridgehead atoms. The number of hydrazine groups is 1. The molecule has 1 N–H and O–H groups in total. The third-order valence-corrected chi connectivity index (χ3v) is 7.67. The van der Waals surface area contributed by atoms with Crippen LogP contribution in [0.4, 0.5) is 11.5 Å². The number of pyridine rings is 1. The molecule has 0 aliphatic carbocycles. The van der Waals surface area contributed by atoms with Crippen LogP contribution in [0.15, 0.2) is 49.1 Å². The van der Waals surface area contributed by atoms with E-state index in [-0.39, 0.29) is 11.4 Å². The van der Waals surface area contributed by atoms with Crippen molar-refractivity contribution >= 4 is 45.5 Å². The summed E-state index contributed by atoms with van der Waals surface area (Å²) in [6, 6.07) is 10.4. The molecule has 5 rings (SSSR count). The molecular weight excluding hydrogens is 581 g/mol. The van der Waals surface area contributed by atoms with Crippen molar-refractivity contribution in [1.29, 1.82) is 0 Å². The Kier molecular flexibility index (Phi) is 6.99. The number of carbonyl (C=O) groups is 1. The van der Waals surface area contributed by atoms with E-state index < -0.39 is 0 Å². The molecule has 10 heteroatoms. The zero-order chi connectivity index (χ0) is 26.3. The average Bonchev–Trinajstić information content (AvgIpc) is 3.51. The Balaban J connectivity index is 1.55. The molecule has 3 aromatic heterocycles. The minimum Gasteiger partial charge on any atom is -0.378 e. The third-order valence-electron chi connectivity index (χ3n) is 6.63. The highest BCUT2D eigenvalue weighted by atomic mass is 127. The molecular formula is C27H32IN7O2. The Morgan fingerprint density at radius 1 is 1.14 bits per heavy atom. The van der Waals surface area contributed by atoms with Gasteiger partial charge in [0.2, 0.25) is 0 Å². The molecule has 1 amide bonds. The number of anilines is 2. The molecule has 1 aliphatic heterocycles. The zero-order valence-corrected chi connectivity index (χ0v) is 24.0. The van der Waals surface area contributed by atoms with Crippen LogP contribution < -0.4 is 15.3 Å². The first kappa shape index (κ1) is 25.7. The fourth-order valence-electron chi connectivity index (χ4n) is 4.68. The van der Waals surface area contributed by atoms with Gasteiger partial charge in [-0.1, -0.05) is 6.07 Å². The SMILES string of the molecule is CNN(C(=O)c1cnn(C(C)(C)C)c1I)c1ccc(C)c(-c2cc(N3CCOCC3)n3cncc3c2)c1. The number of halogens is 1. The molecule has 1 aliphatic rings. The van der Waals surface area contributed by atoms with Gasteiger partial charge in [0.1, 0.15) is 15.8 Å². The normalized spacial score (nSPS) is 14.4. The minimum absolute atomic E-state index is 0.155. The number of imidazole rings is 1. The lowest BCUT2D eigenvalue weighted by Crippen LogP contribution is -2.41. The number of nitrogens with one attached hydrogen (secondary N) is 1. The second-order valence-electron chi connectivity index (χ2n) is 10.2. The fraction of sp³-hybridized carbons (Fsp3) is 0.370. The molecule has 194 valence electrons. The van der Waals surface area contributed by atoms with Crippen molar-refractivity contribution in [2.75, 3.05) is 43.3 Å². The summed E-state index contributed by atoms with van der Waals surface area (Å²) in [7, 11) is 1.76. The molecule has 0 spiro atoms. The van der Waals surface area contributed by atoms with E-state index in [1.54, 1.807) is 18.3 Å². The number of ether oxygens (including phenoxy) is 1. The van der Waals surface area contributed by atoms with Crippen molar-refractivity contribution in [2.45, 2.75) is 33.2 Å². The topological polar surface area (TPSA) is 79.9 Å². The monoisotopic (exact) mass is 613 g/mol. The lowest BCUT2D eigenvalue weighted by Gasteiger charge is -2.30. The summed E-state index contributed by atoms with van der Waals surface area (Å²) in [5.74, 6) is 0.932. The zero-order valence-electron chi connectivity index (χ0n) is 21.8. The Bertz CT molecular complexity index is 1450. The van der Waals surface area contributed by atoms with Crippen molar-refractivity contribution in [3.63, 3.8) is 0 Å². The first-order valence-corrected chi connectivity index (χ1v) is 13.4. The highest BCUT2D eigenvalue weighted by molar-refractivity contribution is 14.1. The van der Waals surface area contributed by atoms with E-state index in [1.807, 2.05) is 23.3 Å². The van der Waals surface area contributed by atoms with Gasteiger partial charge in [-0.3, -0.25) is 13.9 Å². The summed E-state index contributed by atoms with van der Waals surface area (Å²) in [6.45, 7) is 11.4. The molecule has 1 fully saturated rings. The second-order valence-corrected chi connectivity index (χ2v) is 11.2. The minimum atomic E-state index is -0.221. The number of aromatic nitrogens is 4. The van der Waals surface area contributed by atoms with E-state index in [0.29, 0.717) is 18.8 Å². The lowest BCUT2D eigenvalue weighted by atomic mass is 9.99. The van der Waals surface area contributed by atoms with Crippen LogP contribution in [-0.2, 0) is 10.3 Å². The number of aryl methyl sites for hydroxylation is 1. The maximum absolute atomic E-state index is 13.6. The van der Waals surface area contributed by atoms with Crippen LogP contribution in [-0.4, -0.2) is 58.4 Å². The number of hydrogen-bond donors (Lipinski definition) is 1. The van der Waals surface area contributed by atoms with Gasteiger partial charge in [0.05, 0.1) is 47.9 Å². The average molecular weight is 614 g/mol. The summed E-state index contributed by atoms with van der Waals surface area (Å²) >= 11 is 2.20. The molecule has 37 heavy (non-hydrogen) atoms. The molecule has 0 atom stereocenters. The van der Waals surface area contributed by atoms with Crippen molar-refractivity contribution in [1.82, 2.24) is 24.6 Å². The standard InChI is InChI=1S/C27H32IN7O2/c1-18-6-7-20(34(29-5)26(36)23-16-31-35(25(23)28)27(2,3)4)14-22(18)19-12-21-15-30-17-33(21)24(13-19)32-8-10-37-11-9-32/h6-7,12-17,29H,8-11H2,1-5H3. The number of benzene rings is 1. The maximum atomic E-state index is 13.6. The van der Waals surface area contributed by atoms with Gasteiger partial charge in [-0.15, -0.1) is 0 Å². The number of hydrogen-bond acceptors (Lipinski definition) is 6. The summed E-state index contributed by atoms with van der Waals surface area (Å²) in [4.78, 5) is 20.4. The predicted octanol–water partition coefficient (Wildman–Crippen LogP) is 4.48. The van der Waals surface area contributed by atoms with Gasteiger partial charge in [-0.25, -0.2) is 15.4 Å². The highest BCUT2D eigenvalue weighted by Gasteiger charge is 2.26. The largest absolute Gasteiger partial charge is 0.378 e. The Morgan fingerprint density at radius 3 is 2.57 bits per heavy atom. The Hall–Kier alpha value is -2.96. The third kappa shape index (κ3) is 4.85. The van der Waals surface area contributed by atoms with E-state index in [1.165, 1.54) is 0 Å². The molecule has 0 saturated carbocycles. The van der Waals surface area contributed by atoms with Crippen LogP contribution >= 0.6 is 22.6 Å². The summed E-state index contributed by atoms with van der Waals surface area (Å²) in [5, 5.41) is 6.07. The smallest absolute Gasteiger partial charge is 0.276 e. The van der Waals surface area contributed by atoms with Crippen LogP contribution in [0.1, 0.15) is 36.7 Å². The Morgan fingerprint density at radius 2 is 1.89 bits per heavy atom. The fourth-order valence-corrected chi connectivity index (χ4v) is 5.90. The van der Waals surface area contributed by atoms with Gasteiger partial charge in [0.25, 0.3) is 5.91 Å². The number of rotatable bonds is 5. The molecule has 1 aromatic carbocycles. The number of nitrogens with zero attached hydrogens (tertiary/aromatic N) is 6. The van der Waals surface area contributed by atoms with Crippen molar-refractivity contribution < 1.29 is 9.53 Å². The van der Waals surface area contributed by atoms with Crippen molar-refractivity contribution in [2.24, 2.45) is 0 Å². The van der Waals surface area contributed by atoms with Gasteiger partial charge >= 0.3 is 0 Å². The molecule has 0 unspecified atom stereocenters. The van der Waals surface area contributed by atoms with Crippen LogP contribution in [0.25, 0.3) is 16.6 Å². The van der Waals surface area contributed by atoms with E-state index in [2.05, 4.69) is 99.4 Å². The lowest BCUT2D eigenvalue weighted by molar-refractivity contribution is 0.0976. The highest BCUT2D eigenvalue weighted by Crippen LogP contribution is 2.33. The van der Waals surface area contributed by atoms with E-state index >= 15 is 0 Å². The van der Waals surface area contributed by atoms with E-state index in [9.17, 15) is 4.79 Å². The maximum Gasteiger partial charge on any atom is 0.276 e. The van der Waals surface area contributed by atoms with Gasteiger partial charge < -0.3 is 9.64 Å². The van der Waals surface area contributed by atoms with Crippen molar-refractivity contribution in [3.05, 3.63) is 63.9 Å². The summed E-state index contributed by atoms with van der Waals surface area (Å²) in [6.07, 6.45) is 5.38. The van der Waals surface area contributed by atoms with E-state index in [0.717, 1.165) is 50.5 Å². The molecule has 4 aromatic rings. The Labute approximate surface area is 230 Å². The van der Waals surface area contributed by atoms with Crippen LogP contribution in [0.5, 0.6) is 0 Å². The first-order valence-electron chi connectivity index (χ1n) is 12.3. The second kappa shape index (κ2) is 10.1. The van der Waals surface area contributed by atoms with Crippen molar-refractivity contribution in [3.8, 4) is 11.1 Å². The number of amides is 1. The molecule has 0 radical (unpaired) electrons. The molecule has 9 nitrogen and oxygen atoms in total. The number of fused-ring (bicyclic) bond motifs is 1. The predicted molar refractivity (Wildman–Crippen MR) is 154 cm³/mol. The molecule has 4 heterocycles. The van der Waals surface area contributed by atoms with Crippen LogP contribution in [0.2, 0.25) is 0 Å². The van der Waals surface area contributed by atoms with Crippen LogP contribution in [0.3, 0.4) is 0 Å². The summed E-state index contributed by atoms with van der Waals surface area (Å²) in [5.41, 5.74) is 8.46. The van der Waals surface area contributed by atoms with Gasteiger partial charge in [0, 0.05) is 20.1 Å². The number of morpholine rings is 1. The van der Waals surface area contributed by atoms with E-state index in [4.69, 9.17) is 4.74 Å². The molecule has 1 saturated heterocycles. The summed E-state index contributed by atoms with van der Waals surface area (Å²) < 4.78 is 10.4. The number of carbonyl (C=O) groups excluding carboxylic acids is 1. The first-order chi connectivity index (χ1) is 17.7.